The molecule has 0 fully saturated rings. The Morgan fingerprint density at radius 1 is 0.917 bits per heavy atom. The monoisotopic (exact) mass is 326 g/mol. The zero-order valence-corrected chi connectivity index (χ0v) is 12.7. The van der Waals surface area contributed by atoms with Gasteiger partial charge in [-0.3, -0.25) is 0 Å². The molecule has 0 aliphatic heterocycles. The summed E-state index contributed by atoms with van der Waals surface area (Å²) >= 11 is 0. The average molecular weight is 326 g/mol. The summed E-state index contributed by atoms with van der Waals surface area (Å²) in [6.07, 6.45) is 4.56. The number of phenols is 2. The van der Waals surface area contributed by atoms with Gasteiger partial charge in [-0.05, 0) is 47.9 Å². The number of phenolic OH excluding ortho intramolecular Hbond substituents is 2. The lowest BCUT2D eigenvalue weighted by atomic mass is 10.1. The number of nitrogens with zero attached hydrogens (tertiary/aromatic N) is 2. The molecule has 122 valence electrons. The highest BCUT2D eigenvalue weighted by Gasteiger charge is 2.05. The minimum Gasteiger partial charge on any atom is -0.504 e. The van der Waals surface area contributed by atoms with Crippen LogP contribution in [-0.4, -0.2) is 20.4 Å². The molecule has 0 amide bonds. The van der Waals surface area contributed by atoms with E-state index in [0.717, 1.165) is 5.56 Å². The van der Waals surface area contributed by atoms with Crippen molar-refractivity contribution in [2.75, 3.05) is 0 Å². The molecule has 0 unspecified atom stereocenters. The number of halogens is 1. The van der Waals surface area contributed by atoms with E-state index in [0.29, 0.717) is 30.2 Å². The van der Waals surface area contributed by atoms with Crippen LogP contribution in [-0.2, 0) is 12.8 Å². The maximum Gasteiger partial charge on any atom is 0.240 e. The number of rotatable bonds is 5. The first-order chi connectivity index (χ1) is 11.6. The standard InChI is InChI=1S/C18H15FN2O3/c19-14-6-1-12(2-7-14)4-9-17-20-21-18(24-17)10-5-13-3-8-15(22)16(23)11-13/h1-3,5-8,10-11,22-23H,4,9H2/b10-5+. The van der Waals surface area contributed by atoms with E-state index in [9.17, 15) is 14.6 Å². The maximum absolute atomic E-state index is 12.8. The molecule has 1 aromatic heterocycles. The summed E-state index contributed by atoms with van der Waals surface area (Å²) in [7, 11) is 0. The van der Waals surface area contributed by atoms with Crippen molar-refractivity contribution >= 4 is 12.2 Å². The van der Waals surface area contributed by atoms with Gasteiger partial charge in [0.2, 0.25) is 11.8 Å². The first-order valence-electron chi connectivity index (χ1n) is 7.37. The largest absolute Gasteiger partial charge is 0.504 e. The van der Waals surface area contributed by atoms with Crippen molar-refractivity contribution in [3.8, 4) is 11.5 Å². The van der Waals surface area contributed by atoms with E-state index in [4.69, 9.17) is 4.42 Å². The van der Waals surface area contributed by atoms with Gasteiger partial charge < -0.3 is 14.6 Å². The molecule has 0 saturated heterocycles. The highest BCUT2D eigenvalue weighted by atomic mass is 19.1. The topological polar surface area (TPSA) is 79.4 Å². The molecule has 0 spiro atoms. The van der Waals surface area contributed by atoms with Crippen molar-refractivity contribution < 1.29 is 19.0 Å². The van der Waals surface area contributed by atoms with E-state index < -0.39 is 0 Å². The molecule has 5 nitrogen and oxygen atoms in total. The van der Waals surface area contributed by atoms with Gasteiger partial charge in [0, 0.05) is 12.5 Å². The molecular weight excluding hydrogens is 311 g/mol. The first kappa shape index (κ1) is 15.7. The molecule has 0 bridgehead atoms. The molecule has 1 heterocycles. The number of benzene rings is 2. The molecule has 0 aliphatic carbocycles. The number of hydrogen-bond acceptors (Lipinski definition) is 5. The number of aromatic hydroxyl groups is 2. The quantitative estimate of drug-likeness (QED) is 0.701. The number of aromatic nitrogens is 2. The Morgan fingerprint density at radius 2 is 1.71 bits per heavy atom. The van der Waals surface area contributed by atoms with Gasteiger partial charge in [0.1, 0.15) is 5.82 Å². The van der Waals surface area contributed by atoms with E-state index in [1.165, 1.54) is 24.3 Å². The molecule has 3 rings (SSSR count). The van der Waals surface area contributed by atoms with Crippen LogP contribution in [0.15, 0.2) is 46.9 Å². The molecule has 0 radical (unpaired) electrons. The SMILES string of the molecule is Oc1ccc(/C=C/c2nnc(CCc3ccc(F)cc3)o2)cc1O. The second kappa shape index (κ2) is 6.95. The van der Waals surface area contributed by atoms with Crippen molar-refractivity contribution in [2.45, 2.75) is 12.8 Å². The van der Waals surface area contributed by atoms with Crippen LogP contribution in [0, 0.1) is 5.82 Å². The molecule has 2 aromatic carbocycles. The minimum atomic E-state index is -0.260. The van der Waals surface area contributed by atoms with Gasteiger partial charge in [0.25, 0.3) is 0 Å². The van der Waals surface area contributed by atoms with Gasteiger partial charge >= 0.3 is 0 Å². The van der Waals surface area contributed by atoms with E-state index in [2.05, 4.69) is 10.2 Å². The third-order valence-electron chi connectivity index (χ3n) is 3.44. The lowest BCUT2D eigenvalue weighted by molar-refractivity contribution is 0.403. The molecule has 3 aromatic rings. The predicted octanol–water partition coefficient (Wildman–Crippen LogP) is 3.58. The second-order valence-corrected chi connectivity index (χ2v) is 5.24. The van der Waals surface area contributed by atoms with Gasteiger partial charge in [-0.2, -0.15) is 0 Å². The summed E-state index contributed by atoms with van der Waals surface area (Å²) in [5.41, 5.74) is 1.68. The summed E-state index contributed by atoms with van der Waals surface area (Å²) in [6.45, 7) is 0. The molecule has 6 heteroatoms. The van der Waals surface area contributed by atoms with Gasteiger partial charge in [-0.1, -0.05) is 18.2 Å². The fraction of sp³-hybridized carbons (Fsp3) is 0.111. The van der Waals surface area contributed by atoms with Crippen LogP contribution in [0.3, 0.4) is 0 Å². The van der Waals surface area contributed by atoms with E-state index in [1.54, 1.807) is 30.4 Å². The fourth-order valence-corrected chi connectivity index (χ4v) is 2.15. The summed E-state index contributed by atoms with van der Waals surface area (Å²) < 4.78 is 18.4. The van der Waals surface area contributed by atoms with Crippen molar-refractivity contribution in [3.63, 3.8) is 0 Å². The Balaban J connectivity index is 1.61. The number of aryl methyl sites for hydroxylation is 2. The molecule has 24 heavy (non-hydrogen) atoms. The van der Waals surface area contributed by atoms with Crippen molar-refractivity contribution in [3.05, 3.63) is 71.2 Å². The molecular formula is C18H15FN2O3. The molecule has 0 aliphatic rings. The summed E-state index contributed by atoms with van der Waals surface area (Å²) in [5.74, 6) is 0.212. The molecule has 2 N–H and O–H groups in total. The molecule has 0 atom stereocenters. The lowest BCUT2D eigenvalue weighted by Gasteiger charge is -1.98. The predicted molar refractivity (Wildman–Crippen MR) is 86.8 cm³/mol. The average Bonchev–Trinajstić information content (AvgIpc) is 3.03. The van der Waals surface area contributed by atoms with Crippen LogP contribution in [0.1, 0.15) is 22.9 Å². The zero-order valence-electron chi connectivity index (χ0n) is 12.7. The Labute approximate surface area is 137 Å². The zero-order chi connectivity index (χ0) is 16.9. The Morgan fingerprint density at radius 3 is 2.46 bits per heavy atom. The van der Waals surface area contributed by atoms with Crippen molar-refractivity contribution in [2.24, 2.45) is 0 Å². The Bertz CT molecular complexity index is 857. The van der Waals surface area contributed by atoms with E-state index in [1.807, 2.05) is 0 Å². The van der Waals surface area contributed by atoms with Gasteiger partial charge in [-0.15, -0.1) is 10.2 Å². The van der Waals surface area contributed by atoms with E-state index in [-0.39, 0.29) is 17.3 Å². The smallest absolute Gasteiger partial charge is 0.240 e. The highest BCUT2D eigenvalue weighted by molar-refractivity contribution is 5.67. The van der Waals surface area contributed by atoms with E-state index >= 15 is 0 Å². The van der Waals surface area contributed by atoms with Crippen molar-refractivity contribution in [1.29, 1.82) is 0 Å². The summed E-state index contributed by atoms with van der Waals surface area (Å²) in [6, 6.07) is 10.8. The normalized spacial score (nSPS) is 11.2. The summed E-state index contributed by atoms with van der Waals surface area (Å²) in [5, 5.41) is 26.6. The van der Waals surface area contributed by atoms with Crippen molar-refractivity contribution in [1.82, 2.24) is 10.2 Å². The summed E-state index contributed by atoms with van der Waals surface area (Å²) in [4.78, 5) is 0. The van der Waals surface area contributed by atoms with Crippen LogP contribution < -0.4 is 0 Å². The van der Waals surface area contributed by atoms with Crippen LogP contribution in [0.2, 0.25) is 0 Å². The highest BCUT2D eigenvalue weighted by Crippen LogP contribution is 2.25. The fourth-order valence-electron chi connectivity index (χ4n) is 2.15. The second-order valence-electron chi connectivity index (χ2n) is 5.24. The minimum absolute atomic E-state index is 0.173. The Kier molecular flexibility index (Phi) is 4.56. The molecule has 0 saturated carbocycles. The lowest BCUT2D eigenvalue weighted by Crippen LogP contribution is -1.91. The van der Waals surface area contributed by atoms with Gasteiger partial charge in [0.15, 0.2) is 11.5 Å². The Hall–Kier alpha value is -3.15. The van der Waals surface area contributed by atoms with Crippen LogP contribution in [0.5, 0.6) is 11.5 Å². The van der Waals surface area contributed by atoms with Crippen LogP contribution in [0.4, 0.5) is 4.39 Å². The van der Waals surface area contributed by atoms with Gasteiger partial charge in [-0.25, -0.2) is 4.39 Å². The third-order valence-corrected chi connectivity index (χ3v) is 3.44. The number of hydrogen-bond donors (Lipinski definition) is 2. The van der Waals surface area contributed by atoms with Gasteiger partial charge in [0.05, 0.1) is 0 Å². The maximum atomic E-state index is 12.8. The third kappa shape index (κ3) is 3.98. The van der Waals surface area contributed by atoms with Crippen LogP contribution in [0.25, 0.3) is 12.2 Å². The van der Waals surface area contributed by atoms with Crippen LogP contribution >= 0.6 is 0 Å². The first-order valence-corrected chi connectivity index (χ1v) is 7.37.